The van der Waals surface area contributed by atoms with E-state index in [1.54, 1.807) is 17.1 Å². The number of carbonyl (C=O) groups excluding carboxylic acids is 1. The van der Waals surface area contributed by atoms with E-state index in [1.165, 1.54) is 0 Å². The Balaban J connectivity index is 2.14. The summed E-state index contributed by atoms with van der Waals surface area (Å²) in [6.45, 7) is 3.00. The predicted molar refractivity (Wildman–Crippen MR) is 67.5 cm³/mol. The summed E-state index contributed by atoms with van der Waals surface area (Å²) in [5.41, 5.74) is 0. The molecule has 0 fully saturated rings. The van der Waals surface area contributed by atoms with Gasteiger partial charge in [0, 0.05) is 25.3 Å². The van der Waals surface area contributed by atoms with E-state index in [1.807, 2.05) is 6.92 Å². The molecular weight excluding hydrogens is 250 g/mol. The molecule has 1 aromatic rings. The fraction of sp³-hybridized carbons (Fsp3) is 0.636. The average molecular weight is 269 g/mol. The number of aromatic nitrogens is 3. The number of rotatable bonds is 8. The fourth-order valence-corrected chi connectivity index (χ4v) is 1.54. The van der Waals surface area contributed by atoms with Crippen LogP contribution in [-0.2, 0) is 11.3 Å². The van der Waals surface area contributed by atoms with Crippen molar-refractivity contribution < 1.29 is 14.7 Å². The summed E-state index contributed by atoms with van der Waals surface area (Å²) in [6.07, 6.45) is 4.59. The van der Waals surface area contributed by atoms with Gasteiger partial charge in [-0.15, -0.1) is 5.10 Å². The van der Waals surface area contributed by atoms with Crippen molar-refractivity contribution in [3.8, 4) is 0 Å². The molecule has 3 N–H and O–H groups in total. The minimum absolute atomic E-state index is 0.0666. The zero-order valence-corrected chi connectivity index (χ0v) is 10.9. The first-order valence-corrected chi connectivity index (χ1v) is 6.22. The largest absolute Gasteiger partial charge is 0.481 e. The lowest BCUT2D eigenvalue weighted by Gasteiger charge is -2.15. The van der Waals surface area contributed by atoms with E-state index in [2.05, 4.69) is 20.9 Å². The third-order valence-electron chi connectivity index (χ3n) is 2.57. The molecule has 1 heterocycles. The molecule has 0 aliphatic heterocycles. The van der Waals surface area contributed by atoms with Gasteiger partial charge in [0.25, 0.3) is 0 Å². The van der Waals surface area contributed by atoms with Crippen molar-refractivity contribution in [2.75, 3.05) is 6.54 Å². The van der Waals surface area contributed by atoms with E-state index < -0.39 is 5.97 Å². The molecule has 19 heavy (non-hydrogen) atoms. The first-order chi connectivity index (χ1) is 9.11. The van der Waals surface area contributed by atoms with Crippen LogP contribution < -0.4 is 10.6 Å². The maximum absolute atomic E-state index is 11.5. The number of nitrogens with one attached hydrogen (secondary N) is 2. The van der Waals surface area contributed by atoms with Gasteiger partial charge in [-0.05, 0) is 12.8 Å². The van der Waals surface area contributed by atoms with Gasteiger partial charge in [0.1, 0.15) is 0 Å². The van der Waals surface area contributed by atoms with Gasteiger partial charge in [-0.25, -0.2) is 4.79 Å². The van der Waals surface area contributed by atoms with Crippen LogP contribution in [0.25, 0.3) is 0 Å². The highest BCUT2D eigenvalue weighted by Gasteiger charge is 2.13. The van der Waals surface area contributed by atoms with Gasteiger partial charge in [0.2, 0.25) is 0 Å². The van der Waals surface area contributed by atoms with Gasteiger partial charge in [-0.3, -0.25) is 9.48 Å². The van der Waals surface area contributed by atoms with Gasteiger partial charge < -0.3 is 15.7 Å². The van der Waals surface area contributed by atoms with Crippen molar-refractivity contribution in [3.63, 3.8) is 0 Å². The van der Waals surface area contributed by atoms with Crippen LogP contribution >= 0.6 is 0 Å². The zero-order chi connectivity index (χ0) is 14.1. The summed E-state index contributed by atoms with van der Waals surface area (Å²) in [6, 6.07) is -0.681. The molecule has 0 aromatic carbocycles. The van der Waals surface area contributed by atoms with Crippen LogP contribution in [0.4, 0.5) is 4.79 Å². The first-order valence-electron chi connectivity index (χ1n) is 6.22. The number of hydrogen-bond donors (Lipinski definition) is 3. The molecule has 0 saturated heterocycles. The average Bonchev–Trinajstić information content (AvgIpc) is 2.86. The van der Waals surface area contributed by atoms with Gasteiger partial charge in [-0.2, -0.15) is 0 Å². The van der Waals surface area contributed by atoms with E-state index in [4.69, 9.17) is 5.11 Å². The number of amides is 2. The van der Waals surface area contributed by atoms with Crippen molar-refractivity contribution in [1.29, 1.82) is 0 Å². The maximum atomic E-state index is 11.5. The maximum Gasteiger partial charge on any atom is 0.315 e. The fourth-order valence-electron chi connectivity index (χ4n) is 1.54. The molecule has 2 amide bonds. The minimum atomic E-state index is -0.918. The van der Waals surface area contributed by atoms with E-state index >= 15 is 0 Å². The summed E-state index contributed by atoms with van der Waals surface area (Å²) < 4.78 is 1.68. The number of hydrogen-bond acceptors (Lipinski definition) is 4. The molecule has 106 valence electrons. The van der Waals surface area contributed by atoms with E-state index in [0.29, 0.717) is 19.5 Å². The Morgan fingerprint density at radius 1 is 1.47 bits per heavy atom. The second-order valence-corrected chi connectivity index (χ2v) is 4.12. The summed E-state index contributed by atoms with van der Waals surface area (Å²) in [7, 11) is 0. The smallest absolute Gasteiger partial charge is 0.315 e. The molecule has 8 nitrogen and oxygen atoms in total. The molecule has 0 aliphatic rings. The zero-order valence-electron chi connectivity index (χ0n) is 10.9. The molecule has 0 bridgehead atoms. The predicted octanol–water partition coefficient (Wildman–Crippen LogP) is 0.221. The van der Waals surface area contributed by atoms with Crippen LogP contribution in [0.1, 0.15) is 26.2 Å². The lowest BCUT2D eigenvalue weighted by molar-refractivity contribution is -0.137. The van der Waals surface area contributed by atoms with Gasteiger partial charge in [0.15, 0.2) is 0 Å². The molecule has 0 spiro atoms. The van der Waals surface area contributed by atoms with E-state index in [9.17, 15) is 9.59 Å². The molecule has 0 saturated carbocycles. The summed E-state index contributed by atoms with van der Waals surface area (Å²) in [5, 5.41) is 21.4. The second kappa shape index (κ2) is 8.06. The molecule has 0 radical (unpaired) electrons. The molecule has 1 atom stereocenters. The normalized spacial score (nSPS) is 11.8. The lowest BCUT2D eigenvalue weighted by atomic mass is 10.1. The Labute approximate surface area is 111 Å². The Morgan fingerprint density at radius 2 is 2.26 bits per heavy atom. The number of urea groups is 1. The third-order valence-corrected chi connectivity index (χ3v) is 2.57. The van der Waals surface area contributed by atoms with E-state index in [0.717, 1.165) is 6.42 Å². The Morgan fingerprint density at radius 3 is 2.84 bits per heavy atom. The number of carbonyl (C=O) groups is 2. The standard InChI is InChI=1S/C11H19N5O3/c1-2-9(8-10(17)18)14-11(19)12-4-3-6-16-7-5-13-15-16/h5,7,9H,2-4,6,8H2,1H3,(H,17,18)(H2,12,14,19). The van der Waals surface area contributed by atoms with Crippen molar-refractivity contribution >= 4 is 12.0 Å². The minimum Gasteiger partial charge on any atom is -0.481 e. The number of aryl methyl sites for hydroxylation is 1. The SMILES string of the molecule is CCC(CC(=O)O)NC(=O)NCCCn1ccnn1. The number of carboxylic acids is 1. The molecule has 0 aliphatic carbocycles. The van der Waals surface area contributed by atoms with Gasteiger partial charge in [-0.1, -0.05) is 12.1 Å². The van der Waals surface area contributed by atoms with Gasteiger partial charge >= 0.3 is 12.0 Å². The summed E-state index contributed by atoms with van der Waals surface area (Å²) >= 11 is 0. The van der Waals surface area contributed by atoms with Crippen molar-refractivity contribution in [3.05, 3.63) is 12.4 Å². The highest BCUT2D eigenvalue weighted by Crippen LogP contribution is 1.97. The van der Waals surface area contributed by atoms with Crippen molar-refractivity contribution in [2.45, 2.75) is 38.8 Å². The van der Waals surface area contributed by atoms with Gasteiger partial charge in [0.05, 0.1) is 12.6 Å². The quantitative estimate of drug-likeness (QED) is 0.585. The Bertz CT molecular complexity index is 393. The van der Waals surface area contributed by atoms with Crippen molar-refractivity contribution in [1.82, 2.24) is 25.6 Å². The molecular formula is C11H19N5O3. The molecule has 1 unspecified atom stereocenters. The van der Waals surface area contributed by atoms with Crippen LogP contribution in [-0.4, -0.2) is 44.7 Å². The van der Waals surface area contributed by atoms with Crippen LogP contribution in [0.3, 0.4) is 0 Å². The number of aliphatic carboxylic acids is 1. The highest BCUT2D eigenvalue weighted by atomic mass is 16.4. The monoisotopic (exact) mass is 269 g/mol. The molecule has 1 aromatic heterocycles. The third kappa shape index (κ3) is 6.39. The molecule has 8 heteroatoms. The lowest BCUT2D eigenvalue weighted by Crippen LogP contribution is -2.43. The van der Waals surface area contributed by atoms with Crippen LogP contribution in [0.2, 0.25) is 0 Å². The number of carboxylic acid groups (broad SMARTS) is 1. The highest BCUT2D eigenvalue weighted by molar-refractivity contribution is 5.75. The van der Waals surface area contributed by atoms with E-state index in [-0.39, 0.29) is 18.5 Å². The molecule has 1 rings (SSSR count). The summed E-state index contributed by atoms with van der Waals surface area (Å²) in [4.78, 5) is 22.1. The van der Waals surface area contributed by atoms with Crippen molar-refractivity contribution in [2.24, 2.45) is 0 Å². The Kier molecular flexibility index (Phi) is 6.34. The topological polar surface area (TPSA) is 109 Å². The number of nitrogens with zero attached hydrogens (tertiary/aromatic N) is 3. The first kappa shape index (κ1) is 14.9. The Hall–Kier alpha value is -2.12. The summed E-state index contributed by atoms with van der Waals surface area (Å²) in [5.74, 6) is -0.918. The van der Waals surface area contributed by atoms with Crippen LogP contribution in [0.15, 0.2) is 12.4 Å². The second-order valence-electron chi connectivity index (χ2n) is 4.12. The van der Waals surface area contributed by atoms with Crippen LogP contribution in [0.5, 0.6) is 0 Å². The van der Waals surface area contributed by atoms with Crippen LogP contribution in [0, 0.1) is 0 Å².